The summed E-state index contributed by atoms with van der Waals surface area (Å²) in [5, 5.41) is 3.40. The fraction of sp³-hybridized carbons (Fsp3) is 0.467. The van der Waals surface area contributed by atoms with Crippen LogP contribution in [0.2, 0.25) is 0 Å². The smallest absolute Gasteiger partial charge is 0.128 e. The van der Waals surface area contributed by atoms with Crippen LogP contribution in [0.3, 0.4) is 0 Å². The number of hydrogen-bond donors (Lipinski definition) is 1. The minimum absolute atomic E-state index is 0.496. The second-order valence-corrected chi connectivity index (χ2v) is 5.52. The fourth-order valence-electron chi connectivity index (χ4n) is 2.40. The van der Waals surface area contributed by atoms with E-state index in [-0.39, 0.29) is 0 Å². The van der Waals surface area contributed by atoms with E-state index in [2.05, 4.69) is 50.7 Å². The molecule has 1 N–H and O–H groups in total. The third-order valence-electron chi connectivity index (χ3n) is 3.59. The van der Waals surface area contributed by atoms with Gasteiger partial charge in [0, 0.05) is 44.3 Å². The number of fused-ring (bicyclic) bond motifs is 1. The van der Waals surface area contributed by atoms with Crippen molar-refractivity contribution < 1.29 is 0 Å². The van der Waals surface area contributed by atoms with Crippen LogP contribution in [-0.4, -0.2) is 27.1 Å². The third-order valence-corrected chi connectivity index (χ3v) is 3.59. The van der Waals surface area contributed by atoms with Gasteiger partial charge in [-0.15, -0.1) is 0 Å². The second-order valence-electron chi connectivity index (χ2n) is 5.52. The minimum atomic E-state index is 0.496. The monoisotopic (exact) mass is 271 g/mol. The van der Waals surface area contributed by atoms with Gasteiger partial charge in [0.15, 0.2) is 0 Å². The van der Waals surface area contributed by atoms with E-state index in [0.717, 1.165) is 37.8 Å². The van der Waals surface area contributed by atoms with Gasteiger partial charge in [-0.05, 0) is 11.6 Å². The molecule has 0 fully saturated rings. The number of nitrogens with zero attached hydrogens (tertiary/aromatic N) is 4. The van der Waals surface area contributed by atoms with Gasteiger partial charge in [0.1, 0.15) is 11.6 Å². The number of pyridine rings is 1. The molecule has 2 aromatic heterocycles. The number of anilines is 1. The van der Waals surface area contributed by atoms with Crippen molar-refractivity contribution in [3.63, 3.8) is 0 Å². The number of hydrogen-bond acceptors (Lipinski definition) is 4. The average molecular weight is 271 g/mol. The summed E-state index contributed by atoms with van der Waals surface area (Å²) in [5.74, 6) is 2.15. The zero-order chi connectivity index (χ0) is 13.9. The number of nitrogens with one attached hydrogen (secondary N) is 1. The minimum Gasteiger partial charge on any atom is -0.347 e. The van der Waals surface area contributed by atoms with Gasteiger partial charge in [-0.2, -0.15) is 0 Å². The molecule has 5 nitrogen and oxygen atoms in total. The Labute approximate surface area is 119 Å². The summed E-state index contributed by atoms with van der Waals surface area (Å²) < 4.78 is 2.21. The quantitative estimate of drug-likeness (QED) is 0.921. The van der Waals surface area contributed by atoms with Gasteiger partial charge in [-0.3, -0.25) is 0 Å². The van der Waals surface area contributed by atoms with Crippen molar-refractivity contribution in [1.82, 2.24) is 19.9 Å². The second kappa shape index (κ2) is 5.63. The van der Waals surface area contributed by atoms with Gasteiger partial charge in [-0.25, -0.2) is 9.97 Å². The molecule has 1 aliphatic rings. The standard InChI is InChI=1S/C15H21N5/c1-12(2)17-9-13-3-4-14(18-10-13)20-8-7-19-6-5-16-15(19)11-20/h3-6,10,12,17H,7-9,11H2,1-2H3. The Balaban J connectivity index is 1.66. The fourth-order valence-corrected chi connectivity index (χ4v) is 2.40. The number of rotatable bonds is 4. The van der Waals surface area contributed by atoms with Crippen molar-refractivity contribution in [3.8, 4) is 0 Å². The molecule has 106 valence electrons. The predicted octanol–water partition coefficient (Wildman–Crippen LogP) is 1.80. The van der Waals surface area contributed by atoms with Crippen LogP contribution in [0.25, 0.3) is 0 Å². The van der Waals surface area contributed by atoms with Gasteiger partial charge >= 0.3 is 0 Å². The van der Waals surface area contributed by atoms with Crippen LogP contribution in [0.1, 0.15) is 25.2 Å². The summed E-state index contributed by atoms with van der Waals surface area (Å²) >= 11 is 0. The van der Waals surface area contributed by atoms with Crippen LogP contribution in [0.15, 0.2) is 30.7 Å². The zero-order valence-corrected chi connectivity index (χ0v) is 12.1. The van der Waals surface area contributed by atoms with E-state index in [0.29, 0.717) is 6.04 Å². The molecule has 0 radical (unpaired) electrons. The van der Waals surface area contributed by atoms with Crippen molar-refractivity contribution >= 4 is 5.82 Å². The van der Waals surface area contributed by atoms with Gasteiger partial charge < -0.3 is 14.8 Å². The first-order valence-electron chi connectivity index (χ1n) is 7.15. The van der Waals surface area contributed by atoms with Crippen molar-refractivity contribution in [2.45, 2.75) is 39.5 Å². The van der Waals surface area contributed by atoms with E-state index in [1.807, 2.05) is 18.6 Å². The van der Waals surface area contributed by atoms with Crippen LogP contribution >= 0.6 is 0 Å². The van der Waals surface area contributed by atoms with E-state index >= 15 is 0 Å². The van der Waals surface area contributed by atoms with Gasteiger partial charge in [0.25, 0.3) is 0 Å². The summed E-state index contributed by atoms with van der Waals surface area (Å²) in [7, 11) is 0. The Hall–Kier alpha value is -1.88. The SMILES string of the molecule is CC(C)NCc1ccc(N2CCn3ccnc3C2)nc1. The van der Waals surface area contributed by atoms with Gasteiger partial charge in [0.2, 0.25) is 0 Å². The molecule has 0 aromatic carbocycles. The molecule has 0 bridgehead atoms. The number of aromatic nitrogens is 3. The van der Waals surface area contributed by atoms with E-state index in [4.69, 9.17) is 0 Å². The Morgan fingerprint density at radius 1 is 1.25 bits per heavy atom. The Kier molecular flexibility index (Phi) is 3.69. The molecule has 3 heterocycles. The lowest BCUT2D eigenvalue weighted by atomic mass is 10.2. The topological polar surface area (TPSA) is 46.0 Å². The van der Waals surface area contributed by atoms with E-state index < -0.39 is 0 Å². The summed E-state index contributed by atoms with van der Waals surface area (Å²) in [6, 6.07) is 4.75. The van der Waals surface area contributed by atoms with Gasteiger partial charge in [-0.1, -0.05) is 19.9 Å². The van der Waals surface area contributed by atoms with Crippen molar-refractivity contribution in [2.24, 2.45) is 0 Å². The first kappa shape index (κ1) is 13.1. The summed E-state index contributed by atoms with van der Waals surface area (Å²) in [6.45, 7) is 7.97. The normalized spacial score (nSPS) is 14.7. The maximum Gasteiger partial charge on any atom is 0.128 e. The van der Waals surface area contributed by atoms with Crippen LogP contribution in [-0.2, 0) is 19.6 Å². The summed E-state index contributed by atoms with van der Waals surface area (Å²) in [5.41, 5.74) is 1.22. The molecule has 20 heavy (non-hydrogen) atoms. The molecular weight excluding hydrogens is 250 g/mol. The lowest BCUT2D eigenvalue weighted by Crippen LogP contribution is -2.34. The molecule has 1 aliphatic heterocycles. The summed E-state index contributed by atoms with van der Waals surface area (Å²) in [6.07, 6.45) is 5.87. The molecular formula is C15H21N5. The number of imidazole rings is 1. The largest absolute Gasteiger partial charge is 0.347 e. The van der Waals surface area contributed by atoms with E-state index in [1.54, 1.807) is 0 Å². The van der Waals surface area contributed by atoms with Crippen molar-refractivity contribution in [2.75, 3.05) is 11.4 Å². The molecule has 0 unspecified atom stereocenters. The highest BCUT2D eigenvalue weighted by Gasteiger charge is 2.17. The molecule has 5 heteroatoms. The average Bonchev–Trinajstić information content (AvgIpc) is 2.93. The van der Waals surface area contributed by atoms with Gasteiger partial charge in [0.05, 0.1) is 6.54 Å². The zero-order valence-electron chi connectivity index (χ0n) is 12.1. The molecule has 3 rings (SSSR count). The maximum atomic E-state index is 4.59. The van der Waals surface area contributed by atoms with E-state index in [1.165, 1.54) is 5.56 Å². The summed E-state index contributed by atoms with van der Waals surface area (Å²) in [4.78, 5) is 11.2. The molecule has 0 saturated carbocycles. The first-order valence-corrected chi connectivity index (χ1v) is 7.15. The Morgan fingerprint density at radius 3 is 2.90 bits per heavy atom. The molecule has 0 amide bonds. The first-order chi connectivity index (χ1) is 9.72. The highest BCUT2D eigenvalue weighted by Crippen LogP contribution is 2.18. The highest BCUT2D eigenvalue weighted by atomic mass is 15.3. The van der Waals surface area contributed by atoms with Crippen LogP contribution in [0.4, 0.5) is 5.82 Å². The lowest BCUT2D eigenvalue weighted by Gasteiger charge is -2.28. The van der Waals surface area contributed by atoms with E-state index in [9.17, 15) is 0 Å². The highest BCUT2D eigenvalue weighted by molar-refractivity contribution is 5.40. The Morgan fingerprint density at radius 2 is 2.15 bits per heavy atom. The molecule has 0 atom stereocenters. The predicted molar refractivity (Wildman–Crippen MR) is 79.5 cm³/mol. The maximum absolute atomic E-state index is 4.59. The lowest BCUT2D eigenvalue weighted by molar-refractivity contribution is 0.555. The molecule has 0 spiro atoms. The molecule has 2 aromatic rings. The molecule has 0 saturated heterocycles. The van der Waals surface area contributed by atoms with Crippen LogP contribution in [0.5, 0.6) is 0 Å². The van der Waals surface area contributed by atoms with Crippen LogP contribution < -0.4 is 10.2 Å². The molecule has 0 aliphatic carbocycles. The Bertz CT molecular complexity index is 558. The van der Waals surface area contributed by atoms with Crippen molar-refractivity contribution in [3.05, 3.63) is 42.1 Å². The van der Waals surface area contributed by atoms with Crippen molar-refractivity contribution in [1.29, 1.82) is 0 Å². The van der Waals surface area contributed by atoms with Crippen LogP contribution in [0, 0.1) is 0 Å². The third kappa shape index (κ3) is 2.82.